The Labute approximate surface area is 127 Å². The Hall–Kier alpha value is -1.61. The van der Waals surface area contributed by atoms with Gasteiger partial charge in [0.1, 0.15) is 5.54 Å². The molecule has 0 saturated carbocycles. The van der Waals surface area contributed by atoms with E-state index in [1.54, 1.807) is 18.7 Å². The Kier molecular flexibility index (Phi) is 7.97. The van der Waals surface area contributed by atoms with Gasteiger partial charge < -0.3 is 10.6 Å². The number of nitriles is 1. The first-order valence-corrected chi connectivity index (χ1v) is 7.45. The van der Waals surface area contributed by atoms with E-state index in [0.717, 1.165) is 0 Å². The van der Waals surface area contributed by atoms with Crippen LogP contribution in [-0.4, -0.2) is 47.9 Å². The second-order valence-corrected chi connectivity index (χ2v) is 5.65. The molecule has 2 amide bonds. The SMILES string of the molecule is CCNC(=O)CN(CC)[C@@H](C)C(=O)N[C@@](C)(C#N)C(C)C. The van der Waals surface area contributed by atoms with Crippen molar-refractivity contribution in [2.45, 2.75) is 53.1 Å². The lowest BCUT2D eigenvalue weighted by atomic mass is 9.89. The third-order valence-electron chi connectivity index (χ3n) is 3.82. The maximum Gasteiger partial charge on any atom is 0.238 e. The predicted octanol–water partition coefficient (Wildman–Crippen LogP) is 0.887. The number of nitrogens with one attached hydrogen (secondary N) is 2. The van der Waals surface area contributed by atoms with Crippen LogP contribution in [0.25, 0.3) is 0 Å². The van der Waals surface area contributed by atoms with Gasteiger partial charge in [0.05, 0.1) is 18.7 Å². The van der Waals surface area contributed by atoms with Crippen LogP contribution in [0.3, 0.4) is 0 Å². The first-order valence-electron chi connectivity index (χ1n) is 7.45. The van der Waals surface area contributed by atoms with Crippen molar-refractivity contribution in [1.82, 2.24) is 15.5 Å². The van der Waals surface area contributed by atoms with Crippen molar-refractivity contribution in [2.75, 3.05) is 19.6 Å². The number of carbonyl (C=O) groups excluding carboxylic acids is 2. The lowest BCUT2D eigenvalue weighted by molar-refractivity contribution is -0.129. The van der Waals surface area contributed by atoms with Crippen molar-refractivity contribution in [3.8, 4) is 6.07 Å². The highest BCUT2D eigenvalue weighted by molar-refractivity contribution is 5.84. The Balaban J connectivity index is 4.81. The van der Waals surface area contributed by atoms with Gasteiger partial charge in [-0.15, -0.1) is 0 Å². The number of nitrogens with zero attached hydrogens (tertiary/aromatic N) is 2. The van der Waals surface area contributed by atoms with E-state index in [4.69, 9.17) is 0 Å². The largest absolute Gasteiger partial charge is 0.355 e. The molecule has 0 aliphatic heterocycles. The topological polar surface area (TPSA) is 85.2 Å². The molecule has 21 heavy (non-hydrogen) atoms. The van der Waals surface area contributed by atoms with Gasteiger partial charge in [-0.2, -0.15) is 5.26 Å². The molecule has 0 aromatic heterocycles. The Bertz CT molecular complexity index is 403. The van der Waals surface area contributed by atoms with Gasteiger partial charge >= 0.3 is 0 Å². The number of likely N-dealkylation sites (N-methyl/N-ethyl adjacent to an activating group) is 2. The normalized spacial score (nSPS) is 15.2. The predicted molar refractivity (Wildman–Crippen MR) is 82.4 cm³/mol. The molecule has 0 aliphatic rings. The maximum atomic E-state index is 12.3. The van der Waals surface area contributed by atoms with Crippen LogP contribution < -0.4 is 10.6 Å². The van der Waals surface area contributed by atoms with Crippen molar-refractivity contribution < 1.29 is 9.59 Å². The van der Waals surface area contributed by atoms with Crippen molar-refractivity contribution in [3.05, 3.63) is 0 Å². The molecule has 2 atom stereocenters. The summed E-state index contributed by atoms with van der Waals surface area (Å²) < 4.78 is 0. The number of hydrogen-bond donors (Lipinski definition) is 2. The number of hydrogen-bond acceptors (Lipinski definition) is 4. The van der Waals surface area contributed by atoms with Crippen LogP contribution >= 0.6 is 0 Å². The minimum Gasteiger partial charge on any atom is -0.355 e. The molecule has 0 saturated heterocycles. The van der Waals surface area contributed by atoms with Crippen LogP contribution in [0.1, 0.15) is 41.5 Å². The minimum atomic E-state index is -0.906. The van der Waals surface area contributed by atoms with Gasteiger partial charge in [-0.1, -0.05) is 20.8 Å². The van der Waals surface area contributed by atoms with Crippen LogP contribution in [0.2, 0.25) is 0 Å². The highest BCUT2D eigenvalue weighted by atomic mass is 16.2. The fourth-order valence-corrected chi connectivity index (χ4v) is 1.79. The smallest absolute Gasteiger partial charge is 0.238 e. The van der Waals surface area contributed by atoms with Crippen molar-refractivity contribution in [1.29, 1.82) is 5.26 Å². The second kappa shape index (κ2) is 8.63. The van der Waals surface area contributed by atoms with E-state index in [9.17, 15) is 14.9 Å². The summed E-state index contributed by atoms with van der Waals surface area (Å²) in [6, 6.07) is 1.68. The zero-order valence-electron chi connectivity index (χ0n) is 14.0. The van der Waals surface area contributed by atoms with Gasteiger partial charge in [-0.05, 0) is 33.2 Å². The molecule has 0 bridgehead atoms. The molecule has 0 unspecified atom stereocenters. The Morgan fingerprint density at radius 1 is 1.29 bits per heavy atom. The molecule has 0 rings (SSSR count). The van der Waals surface area contributed by atoms with E-state index in [1.165, 1.54) is 0 Å². The van der Waals surface area contributed by atoms with Crippen LogP contribution in [0, 0.1) is 17.2 Å². The molecular formula is C15H28N4O2. The molecule has 0 aliphatic carbocycles. The summed E-state index contributed by atoms with van der Waals surface area (Å²) in [4.78, 5) is 25.8. The first-order chi connectivity index (χ1) is 9.71. The molecule has 0 spiro atoms. The zero-order valence-corrected chi connectivity index (χ0v) is 14.0. The number of amides is 2. The summed E-state index contributed by atoms with van der Waals surface area (Å²) in [5, 5.41) is 14.8. The molecule has 6 heteroatoms. The third kappa shape index (κ3) is 5.72. The Morgan fingerprint density at radius 2 is 1.86 bits per heavy atom. The highest BCUT2D eigenvalue weighted by Crippen LogP contribution is 2.15. The summed E-state index contributed by atoms with van der Waals surface area (Å²) in [6.45, 7) is 12.3. The van der Waals surface area contributed by atoms with Crippen molar-refractivity contribution in [3.63, 3.8) is 0 Å². The first kappa shape index (κ1) is 19.4. The Morgan fingerprint density at radius 3 is 2.24 bits per heavy atom. The van der Waals surface area contributed by atoms with Gasteiger partial charge in [0.15, 0.2) is 0 Å². The second-order valence-electron chi connectivity index (χ2n) is 5.65. The summed E-state index contributed by atoms with van der Waals surface area (Å²) in [5.41, 5.74) is -0.906. The third-order valence-corrected chi connectivity index (χ3v) is 3.82. The van der Waals surface area contributed by atoms with Crippen molar-refractivity contribution >= 4 is 11.8 Å². The van der Waals surface area contributed by atoms with E-state index in [1.807, 2.05) is 27.7 Å². The molecule has 2 N–H and O–H groups in total. The van der Waals surface area contributed by atoms with E-state index >= 15 is 0 Å². The summed E-state index contributed by atoms with van der Waals surface area (Å²) >= 11 is 0. The van der Waals surface area contributed by atoms with Crippen LogP contribution in [-0.2, 0) is 9.59 Å². The lowest BCUT2D eigenvalue weighted by Gasteiger charge is -2.32. The maximum absolute atomic E-state index is 12.3. The molecular weight excluding hydrogens is 268 g/mol. The van der Waals surface area contributed by atoms with Crippen LogP contribution in [0.15, 0.2) is 0 Å². The molecule has 6 nitrogen and oxygen atoms in total. The van der Waals surface area contributed by atoms with E-state index in [-0.39, 0.29) is 24.3 Å². The summed E-state index contributed by atoms with van der Waals surface area (Å²) in [7, 11) is 0. The van der Waals surface area contributed by atoms with E-state index in [0.29, 0.717) is 13.1 Å². The molecule has 0 fully saturated rings. The quantitative estimate of drug-likeness (QED) is 0.696. The number of rotatable bonds is 8. The van der Waals surface area contributed by atoms with Gasteiger partial charge in [-0.3, -0.25) is 14.5 Å². The zero-order chi connectivity index (χ0) is 16.6. The molecule has 0 heterocycles. The summed E-state index contributed by atoms with van der Waals surface area (Å²) in [5.74, 6) is -0.345. The monoisotopic (exact) mass is 296 g/mol. The molecule has 120 valence electrons. The fraction of sp³-hybridized carbons (Fsp3) is 0.800. The number of carbonyl (C=O) groups is 2. The van der Waals surface area contributed by atoms with E-state index < -0.39 is 11.6 Å². The minimum absolute atomic E-state index is 0.00267. The highest BCUT2D eigenvalue weighted by Gasteiger charge is 2.33. The van der Waals surface area contributed by atoms with Crippen LogP contribution in [0.4, 0.5) is 0 Å². The average molecular weight is 296 g/mol. The van der Waals surface area contributed by atoms with Gasteiger partial charge in [0.25, 0.3) is 0 Å². The standard InChI is InChI=1S/C15H28N4O2/c1-7-17-13(20)9-19(8-2)12(5)14(21)18-15(6,10-16)11(3)4/h11-12H,7-9H2,1-6H3,(H,17,20)(H,18,21)/t12-,15-/m0/s1. The summed E-state index contributed by atoms with van der Waals surface area (Å²) in [6.07, 6.45) is 0. The molecule has 0 aromatic carbocycles. The van der Waals surface area contributed by atoms with Gasteiger partial charge in [0.2, 0.25) is 11.8 Å². The fourth-order valence-electron chi connectivity index (χ4n) is 1.79. The van der Waals surface area contributed by atoms with E-state index in [2.05, 4.69) is 16.7 Å². The lowest BCUT2D eigenvalue weighted by Crippen LogP contribution is -2.56. The average Bonchev–Trinajstić information content (AvgIpc) is 2.43. The van der Waals surface area contributed by atoms with Crippen molar-refractivity contribution in [2.24, 2.45) is 5.92 Å². The molecule has 0 radical (unpaired) electrons. The van der Waals surface area contributed by atoms with Gasteiger partial charge in [0, 0.05) is 6.54 Å². The molecule has 0 aromatic rings. The van der Waals surface area contributed by atoms with Crippen LogP contribution in [0.5, 0.6) is 0 Å². The van der Waals surface area contributed by atoms with Gasteiger partial charge in [-0.25, -0.2) is 0 Å².